The van der Waals surface area contributed by atoms with Gasteiger partial charge < -0.3 is 11.1 Å². The maximum Gasteiger partial charge on any atom is 0.248 e. The highest BCUT2D eigenvalue weighted by Crippen LogP contribution is 2.21. The predicted molar refractivity (Wildman–Crippen MR) is 99.7 cm³/mol. The lowest BCUT2D eigenvalue weighted by atomic mass is 9.92. The van der Waals surface area contributed by atoms with Gasteiger partial charge in [0, 0.05) is 12.2 Å². The van der Waals surface area contributed by atoms with E-state index in [0.29, 0.717) is 0 Å². The van der Waals surface area contributed by atoms with Gasteiger partial charge in [0.1, 0.15) is 5.54 Å². The summed E-state index contributed by atoms with van der Waals surface area (Å²) >= 11 is 0. The summed E-state index contributed by atoms with van der Waals surface area (Å²) in [4.78, 5) is 15.0. The fourth-order valence-corrected chi connectivity index (χ4v) is 2.63. The second kappa shape index (κ2) is 8.08. The molecule has 0 aliphatic heterocycles. The number of hydrogen-bond acceptors (Lipinski definition) is 3. The van der Waals surface area contributed by atoms with Crippen LogP contribution in [0.1, 0.15) is 31.9 Å². The second-order valence-corrected chi connectivity index (χ2v) is 6.18. The van der Waals surface area contributed by atoms with E-state index in [0.717, 1.165) is 30.9 Å². The summed E-state index contributed by atoms with van der Waals surface area (Å²) in [6.07, 6.45) is 0. The van der Waals surface area contributed by atoms with Crippen molar-refractivity contribution in [3.8, 4) is 0 Å². The van der Waals surface area contributed by atoms with Crippen LogP contribution in [0.2, 0.25) is 0 Å². The smallest absolute Gasteiger partial charge is 0.248 e. The van der Waals surface area contributed by atoms with E-state index in [1.807, 2.05) is 48.5 Å². The molecule has 4 nitrogen and oxygen atoms in total. The van der Waals surface area contributed by atoms with Crippen LogP contribution in [-0.2, 0) is 16.9 Å². The van der Waals surface area contributed by atoms with Crippen LogP contribution in [0.3, 0.4) is 0 Å². The SMILES string of the molecule is CCN(CC)Cc1cccc(NC(=O)C(C)(N)c2ccccc2)c1. The summed E-state index contributed by atoms with van der Waals surface area (Å²) < 4.78 is 0. The Bertz CT molecular complexity index is 664. The van der Waals surface area contributed by atoms with Gasteiger partial charge in [0.25, 0.3) is 0 Å². The molecule has 1 unspecified atom stereocenters. The number of hydrogen-bond donors (Lipinski definition) is 2. The molecule has 0 saturated heterocycles. The number of rotatable bonds is 7. The molecule has 2 aromatic rings. The van der Waals surface area contributed by atoms with Crippen molar-refractivity contribution in [1.82, 2.24) is 4.90 Å². The Labute approximate surface area is 144 Å². The number of carbonyl (C=O) groups excluding carboxylic acids is 1. The third kappa shape index (κ3) is 4.43. The predicted octanol–water partition coefficient (Wildman–Crippen LogP) is 3.34. The van der Waals surface area contributed by atoms with Crippen molar-refractivity contribution < 1.29 is 4.79 Å². The minimum atomic E-state index is -1.07. The van der Waals surface area contributed by atoms with Gasteiger partial charge >= 0.3 is 0 Å². The van der Waals surface area contributed by atoms with Crippen LogP contribution in [-0.4, -0.2) is 23.9 Å². The highest BCUT2D eigenvalue weighted by molar-refractivity contribution is 5.98. The van der Waals surface area contributed by atoms with Crippen LogP contribution >= 0.6 is 0 Å². The molecule has 128 valence electrons. The Hall–Kier alpha value is -2.17. The first-order valence-corrected chi connectivity index (χ1v) is 8.44. The van der Waals surface area contributed by atoms with Crippen molar-refractivity contribution in [2.45, 2.75) is 32.9 Å². The first-order chi connectivity index (χ1) is 11.5. The van der Waals surface area contributed by atoms with E-state index >= 15 is 0 Å². The van der Waals surface area contributed by atoms with Crippen molar-refractivity contribution >= 4 is 11.6 Å². The van der Waals surface area contributed by atoms with Gasteiger partial charge in [0.15, 0.2) is 0 Å². The van der Waals surface area contributed by atoms with Crippen LogP contribution in [0.5, 0.6) is 0 Å². The van der Waals surface area contributed by atoms with Crippen LogP contribution in [0.25, 0.3) is 0 Å². The lowest BCUT2D eigenvalue weighted by Gasteiger charge is -2.24. The second-order valence-electron chi connectivity index (χ2n) is 6.18. The Morgan fingerprint density at radius 3 is 2.38 bits per heavy atom. The standard InChI is InChI=1S/C20H27N3O/c1-4-23(5-2)15-16-10-9-13-18(14-16)22-19(24)20(3,21)17-11-7-6-8-12-17/h6-14H,4-5,15,21H2,1-3H3,(H,22,24). The zero-order valence-electron chi connectivity index (χ0n) is 14.8. The molecule has 2 aromatic carbocycles. The van der Waals surface area contributed by atoms with Gasteiger partial charge in [0.2, 0.25) is 5.91 Å². The van der Waals surface area contributed by atoms with Gasteiger partial charge in [-0.25, -0.2) is 0 Å². The lowest BCUT2D eigenvalue weighted by Crippen LogP contribution is -2.45. The molecule has 0 spiro atoms. The van der Waals surface area contributed by atoms with Crippen molar-refractivity contribution in [3.05, 3.63) is 65.7 Å². The number of anilines is 1. The van der Waals surface area contributed by atoms with E-state index in [-0.39, 0.29) is 5.91 Å². The average molecular weight is 325 g/mol. The number of nitrogens with one attached hydrogen (secondary N) is 1. The molecule has 24 heavy (non-hydrogen) atoms. The van der Waals surface area contributed by atoms with Crippen LogP contribution in [0.4, 0.5) is 5.69 Å². The summed E-state index contributed by atoms with van der Waals surface area (Å²) in [6, 6.07) is 17.4. The molecule has 0 saturated carbocycles. The highest BCUT2D eigenvalue weighted by Gasteiger charge is 2.30. The van der Waals surface area contributed by atoms with E-state index < -0.39 is 5.54 Å². The number of amides is 1. The third-order valence-electron chi connectivity index (χ3n) is 4.33. The quantitative estimate of drug-likeness (QED) is 0.821. The Morgan fingerprint density at radius 2 is 1.75 bits per heavy atom. The summed E-state index contributed by atoms with van der Waals surface area (Å²) in [6.45, 7) is 8.90. The van der Waals surface area contributed by atoms with E-state index in [1.165, 1.54) is 5.56 Å². The van der Waals surface area contributed by atoms with Crippen molar-refractivity contribution in [3.63, 3.8) is 0 Å². The zero-order chi connectivity index (χ0) is 17.6. The summed E-state index contributed by atoms with van der Waals surface area (Å²) in [5, 5.41) is 2.95. The molecule has 0 fully saturated rings. The largest absolute Gasteiger partial charge is 0.324 e. The minimum absolute atomic E-state index is 0.214. The number of nitrogens with two attached hydrogens (primary N) is 1. The first-order valence-electron chi connectivity index (χ1n) is 8.44. The highest BCUT2D eigenvalue weighted by atomic mass is 16.2. The Morgan fingerprint density at radius 1 is 1.08 bits per heavy atom. The molecule has 0 aromatic heterocycles. The molecular weight excluding hydrogens is 298 g/mol. The van der Waals surface area contributed by atoms with Crippen LogP contribution < -0.4 is 11.1 Å². The molecule has 0 aliphatic rings. The summed E-state index contributed by atoms with van der Waals surface area (Å²) in [7, 11) is 0. The number of benzene rings is 2. The fraction of sp³-hybridized carbons (Fsp3) is 0.350. The molecule has 1 amide bonds. The molecule has 3 N–H and O–H groups in total. The van der Waals surface area contributed by atoms with Gasteiger partial charge in [-0.3, -0.25) is 9.69 Å². The first kappa shape index (κ1) is 18.2. The molecule has 0 heterocycles. The monoisotopic (exact) mass is 325 g/mol. The molecular formula is C20H27N3O. The number of carbonyl (C=O) groups is 1. The fourth-order valence-electron chi connectivity index (χ4n) is 2.63. The van der Waals surface area contributed by atoms with E-state index in [2.05, 4.69) is 30.1 Å². The van der Waals surface area contributed by atoms with Gasteiger partial charge in [0.05, 0.1) is 0 Å². The van der Waals surface area contributed by atoms with Gasteiger partial charge in [-0.15, -0.1) is 0 Å². The van der Waals surface area contributed by atoms with Gasteiger partial charge in [-0.05, 0) is 43.3 Å². The lowest BCUT2D eigenvalue weighted by molar-refractivity contribution is -0.120. The van der Waals surface area contributed by atoms with Crippen molar-refractivity contribution in [2.75, 3.05) is 18.4 Å². The van der Waals surface area contributed by atoms with Crippen molar-refractivity contribution in [1.29, 1.82) is 0 Å². The molecule has 0 aliphatic carbocycles. The van der Waals surface area contributed by atoms with E-state index in [1.54, 1.807) is 6.92 Å². The maximum absolute atomic E-state index is 12.6. The Kier molecular flexibility index (Phi) is 6.12. The molecule has 0 bridgehead atoms. The molecule has 0 radical (unpaired) electrons. The minimum Gasteiger partial charge on any atom is -0.324 e. The maximum atomic E-state index is 12.6. The molecule has 4 heteroatoms. The van der Waals surface area contributed by atoms with Crippen molar-refractivity contribution in [2.24, 2.45) is 5.73 Å². The summed E-state index contributed by atoms with van der Waals surface area (Å²) in [5.74, 6) is -0.214. The van der Waals surface area contributed by atoms with E-state index in [9.17, 15) is 4.79 Å². The summed E-state index contributed by atoms with van der Waals surface area (Å²) in [5.41, 5.74) is 7.94. The molecule has 1 atom stereocenters. The topological polar surface area (TPSA) is 58.4 Å². The zero-order valence-corrected chi connectivity index (χ0v) is 14.8. The van der Waals surface area contributed by atoms with Crippen LogP contribution in [0, 0.1) is 0 Å². The Balaban J connectivity index is 2.12. The molecule has 2 rings (SSSR count). The van der Waals surface area contributed by atoms with Gasteiger partial charge in [-0.1, -0.05) is 56.3 Å². The third-order valence-corrected chi connectivity index (χ3v) is 4.33. The average Bonchev–Trinajstić information content (AvgIpc) is 2.60. The van der Waals surface area contributed by atoms with Crippen LogP contribution in [0.15, 0.2) is 54.6 Å². The number of nitrogens with zero attached hydrogens (tertiary/aromatic N) is 1. The van der Waals surface area contributed by atoms with E-state index in [4.69, 9.17) is 5.73 Å². The normalized spacial score (nSPS) is 13.5. The van der Waals surface area contributed by atoms with Gasteiger partial charge in [-0.2, -0.15) is 0 Å².